The zero-order valence-electron chi connectivity index (χ0n) is 16.1. The van der Waals surface area contributed by atoms with Crippen molar-refractivity contribution < 1.29 is 13.2 Å². The monoisotopic (exact) mass is 432 g/mol. The highest BCUT2D eigenvalue weighted by Gasteiger charge is 2.15. The molecule has 0 aliphatic carbocycles. The van der Waals surface area contributed by atoms with Gasteiger partial charge < -0.3 is 5.32 Å². The summed E-state index contributed by atoms with van der Waals surface area (Å²) in [5.74, 6) is -0.188. The van der Waals surface area contributed by atoms with E-state index in [-0.39, 0.29) is 16.6 Å². The van der Waals surface area contributed by atoms with Gasteiger partial charge in [0.05, 0.1) is 16.3 Å². The summed E-state index contributed by atoms with van der Waals surface area (Å²) in [7, 11) is -3.77. The predicted molar refractivity (Wildman–Crippen MR) is 111 cm³/mol. The van der Waals surface area contributed by atoms with E-state index in [0.29, 0.717) is 10.8 Å². The molecule has 0 spiro atoms. The fourth-order valence-electron chi connectivity index (χ4n) is 2.97. The maximum atomic E-state index is 12.3. The molecule has 3 N–H and O–H groups in total. The van der Waals surface area contributed by atoms with Gasteiger partial charge in [0.25, 0.3) is 0 Å². The average molecular weight is 433 g/mol. The number of nitrogens with zero attached hydrogens (tertiary/aromatic N) is 4. The van der Waals surface area contributed by atoms with Crippen LogP contribution in [0.15, 0.2) is 46.5 Å². The summed E-state index contributed by atoms with van der Waals surface area (Å²) in [6.45, 7) is 6.01. The summed E-state index contributed by atoms with van der Waals surface area (Å²) in [6.07, 6.45) is 0. The number of hydrogen-bond donors (Lipinski definition) is 2. The van der Waals surface area contributed by atoms with Crippen LogP contribution in [-0.2, 0) is 14.8 Å². The molecule has 1 heterocycles. The largest absolute Gasteiger partial charge is 0.325 e. The molecule has 0 aliphatic rings. The van der Waals surface area contributed by atoms with Gasteiger partial charge in [-0.1, -0.05) is 29.5 Å². The molecule has 0 saturated carbocycles. The number of rotatable bonds is 6. The second-order valence-electron chi connectivity index (χ2n) is 6.53. The summed E-state index contributed by atoms with van der Waals surface area (Å²) in [5.41, 5.74) is 4.58. The van der Waals surface area contributed by atoms with E-state index in [1.807, 2.05) is 20.8 Å². The number of thioether (sulfide) groups is 1. The minimum Gasteiger partial charge on any atom is -0.325 e. The number of sulfonamides is 1. The second-order valence-corrected chi connectivity index (χ2v) is 9.03. The van der Waals surface area contributed by atoms with Gasteiger partial charge in [0.15, 0.2) is 0 Å². The molecule has 11 heteroatoms. The molecule has 29 heavy (non-hydrogen) atoms. The summed E-state index contributed by atoms with van der Waals surface area (Å²) in [6, 6.07) is 9.73. The zero-order valence-corrected chi connectivity index (χ0v) is 17.7. The fraction of sp³-hybridized carbons (Fsp3) is 0.222. The molecule has 1 amide bonds. The summed E-state index contributed by atoms with van der Waals surface area (Å²) < 4.78 is 24.2. The molecule has 1 aromatic heterocycles. The Morgan fingerprint density at radius 2 is 1.76 bits per heavy atom. The van der Waals surface area contributed by atoms with Crippen molar-refractivity contribution in [1.29, 1.82) is 0 Å². The van der Waals surface area contributed by atoms with Gasteiger partial charge in [-0.15, -0.1) is 5.10 Å². The molecule has 0 unspecified atom stereocenters. The lowest BCUT2D eigenvalue weighted by Gasteiger charge is -2.12. The van der Waals surface area contributed by atoms with Crippen LogP contribution in [0, 0.1) is 20.8 Å². The third-order valence-electron chi connectivity index (χ3n) is 4.09. The Hall–Kier alpha value is -2.76. The fourth-order valence-corrected chi connectivity index (χ4v) is 4.16. The third-order valence-corrected chi connectivity index (χ3v) is 5.94. The molecule has 3 aromatic rings. The van der Waals surface area contributed by atoms with Crippen LogP contribution in [0.2, 0.25) is 0 Å². The van der Waals surface area contributed by atoms with Gasteiger partial charge in [0.1, 0.15) is 0 Å². The van der Waals surface area contributed by atoms with Crippen LogP contribution >= 0.6 is 11.8 Å². The van der Waals surface area contributed by atoms with Crippen LogP contribution in [0.4, 0.5) is 5.69 Å². The maximum Gasteiger partial charge on any atom is 0.238 e. The van der Waals surface area contributed by atoms with Crippen molar-refractivity contribution >= 4 is 33.4 Å². The number of primary sulfonamides is 1. The molecule has 0 saturated heterocycles. The number of carbonyl (C=O) groups excluding carboxylic acids is 1. The number of anilines is 1. The smallest absolute Gasteiger partial charge is 0.238 e. The normalized spacial score (nSPS) is 11.4. The van der Waals surface area contributed by atoms with Crippen LogP contribution in [0.3, 0.4) is 0 Å². The maximum absolute atomic E-state index is 12.3. The van der Waals surface area contributed by atoms with Crippen LogP contribution in [-0.4, -0.2) is 40.3 Å². The first-order valence-electron chi connectivity index (χ1n) is 8.57. The topological polar surface area (TPSA) is 133 Å². The standard InChI is InChI=1S/C18H20N6O3S2/c1-11-8-12(2)17(13(3)9-11)24-18(21-22-23-24)28-10-16(25)20-14-4-6-15(7-5-14)29(19,26)27/h4-9H,10H2,1-3H3,(H,20,25)(H2,19,26,27). The predicted octanol–water partition coefficient (Wildman–Crippen LogP) is 1.97. The first-order chi connectivity index (χ1) is 13.6. The summed E-state index contributed by atoms with van der Waals surface area (Å²) >= 11 is 1.20. The Morgan fingerprint density at radius 3 is 2.34 bits per heavy atom. The Labute approximate surface area is 172 Å². The number of tetrazole rings is 1. The number of amides is 1. The molecule has 0 aliphatic heterocycles. The Kier molecular flexibility index (Phi) is 6.01. The molecule has 3 rings (SSSR count). The Morgan fingerprint density at radius 1 is 1.14 bits per heavy atom. The van der Waals surface area contributed by atoms with E-state index in [2.05, 4.69) is 33.0 Å². The average Bonchev–Trinajstić information content (AvgIpc) is 3.07. The molecule has 0 bridgehead atoms. The number of nitrogens with two attached hydrogens (primary N) is 1. The van der Waals surface area contributed by atoms with Crippen molar-refractivity contribution in [3.8, 4) is 5.69 Å². The highest BCUT2D eigenvalue weighted by atomic mass is 32.2. The lowest BCUT2D eigenvalue weighted by molar-refractivity contribution is -0.113. The van der Waals surface area contributed by atoms with Gasteiger partial charge in [0, 0.05) is 5.69 Å². The second kappa shape index (κ2) is 8.31. The minimum absolute atomic E-state index is 0.0205. The summed E-state index contributed by atoms with van der Waals surface area (Å²) in [4.78, 5) is 12.2. The molecular weight excluding hydrogens is 412 g/mol. The number of hydrogen-bond acceptors (Lipinski definition) is 7. The van der Waals surface area contributed by atoms with E-state index in [4.69, 9.17) is 5.14 Å². The van der Waals surface area contributed by atoms with Gasteiger partial charge in [-0.05, 0) is 66.6 Å². The molecule has 9 nitrogen and oxygen atoms in total. The lowest BCUT2D eigenvalue weighted by atomic mass is 10.1. The number of nitrogens with one attached hydrogen (secondary N) is 1. The van der Waals surface area contributed by atoms with Crippen LogP contribution < -0.4 is 10.5 Å². The Bertz CT molecular complexity index is 1130. The number of benzene rings is 2. The van der Waals surface area contributed by atoms with Crippen molar-refractivity contribution in [3.63, 3.8) is 0 Å². The van der Waals surface area contributed by atoms with Crippen LogP contribution in [0.25, 0.3) is 5.69 Å². The minimum atomic E-state index is -3.77. The molecule has 0 radical (unpaired) electrons. The van der Waals surface area contributed by atoms with Gasteiger partial charge in [-0.2, -0.15) is 4.68 Å². The molecule has 152 valence electrons. The van der Waals surface area contributed by atoms with Gasteiger partial charge in [-0.25, -0.2) is 13.6 Å². The van der Waals surface area contributed by atoms with Crippen molar-refractivity contribution in [1.82, 2.24) is 20.2 Å². The first kappa shape index (κ1) is 21.0. The SMILES string of the molecule is Cc1cc(C)c(-n2nnnc2SCC(=O)Nc2ccc(S(N)(=O)=O)cc2)c(C)c1. The van der Waals surface area contributed by atoms with E-state index < -0.39 is 10.0 Å². The van der Waals surface area contributed by atoms with E-state index in [1.165, 1.54) is 36.0 Å². The van der Waals surface area contributed by atoms with E-state index >= 15 is 0 Å². The van der Waals surface area contributed by atoms with E-state index in [0.717, 1.165) is 22.4 Å². The van der Waals surface area contributed by atoms with Crippen LogP contribution in [0.5, 0.6) is 0 Å². The Balaban J connectivity index is 1.69. The quantitative estimate of drug-likeness (QED) is 0.569. The molecule has 0 atom stereocenters. The summed E-state index contributed by atoms with van der Waals surface area (Å²) in [5, 5.41) is 20.1. The van der Waals surface area contributed by atoms with Crippen LogP contribution in [0.1, 0.15) is 16.7 Å². The van der Waals surface area contributed by atoms with Gasteiger partial charge >= 0.3 is 0 Å². The first-order valence-corrected chi connectivity index (χ1v) is 11.1. The van der Waals surface area contributed by atoms with Crippen molar-refractivity contribution in [3.05, 3.63) is 53.1 Å². The van der Waals surface area contributed by atoms with Crippen molar-refractivity contribution in [2.75, 3.05) is 11.1 Å². The van der Waals surface area contributed by atoms with Crippen molar-refractivity contribution in [2.24, 2.45) is 5.14 Å². The number of carbonyl (C=O) groups is 1. The highest BCUT2D eigenvalue weighted by molar-refractivity contribution is 7.99. The van der Waals surface area contributed by atoms with E-state index in [9.17, 15) is 13.2 Å². The van der Waals surface area contributed by atoms with E-state index in [1.54, 1.807) is 4.68 Å². The molecular formula is C18H20N6O3S2. The zero-order chi connectivity index (χ0) is 21.2. The molecule has 0 fully saturated rings. The number of aryl methyl sites for hydroxylation is 3. The molecule has 2 aromatic carbocycles. The number of aromatic nitrogens is 4. The third kappa shape index (κ3) is 5.00. The van der Waals surface area contributed by atoms with Gasteiger partial charge in [-0.3, -0.25) is 4.79 Å². The lowest BCUT2D eigenvalue weighted by Crippen LogP contribution is -2.15. The van der Waals surface area contributed by atoms with Crippen molar-refractivity contribution in [2.45, 2.75) is 30.8 Å². The van der Waals surface area contributed by atoms with Gasteiger partial charge in [0.2, 0.25) is 21.1 Å². The highest BCUT2D eigenvalue weighted by Crippen LogP contribution is 2.25.